The van der Waals surface area contributed by atoms with E-state index in [1.807, 2.05) is 18.2 Å². The van der Waals surface area contributed by atoms with Crippen LogP contribution in [0.3, 0.4) is 0 Å². The minimum atomic E-state index is -0.448. The van der Waals surface area contributed by atoms with Gasteiger partial charge in [-0.25, -0.2) is 5.26 Å². The Balaban J connectivity index is 0.000000720. The molecule has 0 amide bonds. The summed E-state index contributed by atoms with van der Waals surface area (Å²) in [6, 6.07) is 10.2. The second-order valence-corrected chi connectivity index (χ2v) is 3.03. The largest absolute Gasteiger partial charge is 0.319 e. The molecule has 2 rings (SSSR count). The van der Waals surface area contributed by atoms with Gasteiger partial charge in [0.15, 0.2) is 0 Å². The minimum absolute atomic E-state index is 0. The summed E-state index contributed by atoms with van der Waals surface area (Å²) in [5.41, 5.74) is 1.92. The first kappa shape index (κ1) is 9.49. The van der Waals surface area contributed by atoms with Gasteiger partial charge in [-0.3, -0.25) is 0 Å². The quantitative estimate of drug-likeness (QED) is 0.668. The van der Waals surface area contributed by atoms with E-state index in [9.17, 15) is 0 Å². The normalized spacial score (nSPS) is 24.3. The van der Waals surface area contributed by atoms with E-state index in [2.05, 4.69) is 19.1 Å². The third-order valence-electron chi connectivity index (χ3n) is 2.24. The Hall–Kier alpha value is -0.602. The fraction of sp³-hybridized carbons (Fsp3) is 0.200. The number of nitriles is 1. The van der Waals surface area contributed by atoms with E-state index < -0.39 is 5.41 Å². The van der Waals surface area contributed by atoms with Gasteiger partial charge in [-0.2, -0.15) is 0 Å². The van der Waals surface area contributed by atoms with Crippen LogP contribution in [-0.4, -0.2) is 0 Å². The predicted octanol–water partition coefficient (Wildman–Crippen LogP) is 1.84. The smallest absolute Gasteiger partial charge is 0.0407 e. The van der Waals surface area contributed by atoms with E-state index in [4.69, 9.17) is 5.26 Å². The molecule has 0 radical (unpaired) electrons. The summed E-state index contributed by atoms with van der Waals surface area (Å²) in [7, 11) is 0. The first-order valence-corrected chi connectivity index (χ1v) is 3.61. The summed E-state index contributed by atoms with van der Waals surface area (Å²) in [6.45, 7) is 3.87. The van der Waals surface area contributed by atoms with E-state index in [0.29, 0.717) is 0 Å². The van der Waals surface area contributed by atoms with Crippen molar-refractivity contribution in [2.45, 2.75) is 11.8 Å². The number of hydrogen-bond acceptors (Lipinski definition) is 1. The molecular formula is C10H8NW-. The standard InChI is InChI=1S/C10H8N.W/c1-10(7-11)6-8-4-2-3-5-9(8)10;/h2-5H,1,6H2;/q-1;. The molecule has 12 heavy (non-hydrogen) atoms. The topological polar surface area (TPSA) is 23.8 Å². The molecule has 1 aromatic carbocycles. The van der Waals surface area contributed by atoms with Gasteiger partial charge in [-0.1, -0.05) is 29.8 Å². The Morgan fingerprint density at radius 2 is 2.08 bits per heavy atom. The van der Waals surface area contributed by atoms with E-state index in [1.165, 1.54) is 5.56 Å². The molecule has 1 nitrogen and oxygen atoms in total. The number of fused-ring (bicyclic) bond motifs is 1. The molecule has 0 fully saturated rings. The van der Waals surface area contributed by atoms with Crippen LogP contribution in [0, 0.1) is 18.3 Å². The van der Waals surface area contributed by atoms with Gasteiger partial charge in [0.05, 0.1) is 0 Å². The van der Waals surface area contributed by atoms with Gasteiger partial charge in [0.2, 0.25) is 0 Å². The van der Waals surface area contributed by atoms with Gasteiger partial charge in [-0.15, -0.1) is 0 Å². The van der Waals surface area contributed by atoms with Gasteiger partial charge in [-0.05, 0) is 17.4 Å². The second kappa shape index (κ2) is 3.03. The summed E-state index contributed by atoms with van der Waals surface area (Å²) >= 11 is 0. The van der Waals surface area contributed by atoms with Crippen LogP contribution in [-0.2, 0) is 32.9 Å². The van der Waals surface area contributed by atoms with E-state index in [-0.39, 0.29) is 21.1 Å². The van der Waals surface area contributed by atoms with Crippen LogP contribution in [0.1, 0.15) is 11.1 Å². The van der Waals surface area contributed by atoms with Crippen LogP contribution in [0.15, 0.2) is 24.3 Å². The minimum Gasteiger partial charge on any atom is -0.319 e. The molecule has 0 spiro atoms. The SMILES string of the molecule is [CH2-]C1(C#N)Cc2ccccc21.[W]. The third kappa shape index (κ3) is 1.11. The van der Waals surface area contributed by atoms with Gasteiger partial charge >= 0.3 is 0 Å². The van der Waals surface area contributed by atoms with Crippen LogP contribution in [0.5, 0.6) is 0 Å². The van der Waals surface area contributed by atoms with Crippen molar-refractivity contribution < 1.29 is 21.1 Å². The molecule has 1 atom stereocenters. The number of nitrogens with zero attached hydrogens (tertiary/aromatic N) is 1. The Morgan fingerprint density at radius 3 is 2.67 bits per heavy atom. The maximum absolute atomic E-state index is 8.78. The molecule has 0 aliphatic heterocycles. The molecule has 0 saturated heterocycles. The molecule has 0 N–H and O–H groups in total. The molecule has 1 aromatic rings. The van der Waals surface area contributed by atoms with Gasteiger partial charge in [0, 0.05) is 27.1 Å². The van der Waals surface area contributed by atoms with Crippen LogP contribution in [0.25, 0.3) is 0 Å². The van der Waals surface area contributed by atoms with Crippen molar-refractivity contribution in [3.63, 3.8) is 0 Å². The Bertz CT molecular complexity index is 340. The zero-order valence-corrected chi connectivity index (χ0v) is 9.51. The van der Waals surface area contributed by atoms with Crippen molar-refractivity contribution in [2.75, 3.05) is 0 Å². The number of benzene rings is 1. The maximum Gasteiger partial charge on any atom is 0.0407 e. The monoisotopic (exact) mass is 326 g/mol. The number of rotatable bonds is 0. The predicted molar refractivity (Wildman–Crippen MR) is 42.8 cm³/mol. The first-order valence-electron chi connectivity index (χ1n) is 3.61. The molecule has 0 aromatic heterocycles. The van der Waals surface area contributed by atoms with Crippen molar-refractivity contribution in [3.8, 4) is 6.07 Å². The molecular weight excluding hydrogens is 318 g/mol. The van der Waals surface area contributed by atoms with Crippen molar-refractivity contribution in [1.29, 1.82) is 5.26 Å². The Labute approximate surface area is 86.7 Å². The second-order valence-electron chi connectivity index (χ2n) is 3.03. The molecule has 2 heteroatoms. The molecule has 0 heterocycles. The van der Waals surface area contributed by atoms with Crippen molar-refractivity contribution in [3.05, 3.63) is 42.3 Å². The van der Waals surface area contributed by atoms with Crippen LogP contribution in [0.4, 0.5) is 0 Å². The average molecular weight is 326 g/mol. The third-order valence-corrected chi connectivity index (χ3v) is 2.24. The van der Waals surface area contributed by atoms with E-state index in [1.54, 1.807) is 0 Å². The van der Waals surface area contributed by atoms with Crippen molar-refractivity contribution >= 4 is 0 Å². The van der Waals surface area contributed by atoms with Gasteiger partial charge in [0.1, 0.15) is 0 Å². The molecule has 0 saturated carbocycles. The molecule has 1 unspecified atom stereocenters. The average Bonchev–Trinajstić information content (AvgIpc) is 2.02. The fourth-order valence-electron chi connectivity index (χ4n) is 1.55. The summed E-state index contributed by atoms with van der Waals surface area (Å²) in [5, 5.41) is 8.78. The molecule has 1 aliphatic rings. The summed E-state index contributed by atoms with van der Waals surface area (Å²) in [6.07, 6.45) is 0.805. The number of hydrogen-bond donors (Lipinski definition) is 0. The summed E-state index contributed by atoms with van der Waals surface area (Å²) in [5.74, 6) is 0. The Morgan fingerprint density at radius 1 is 1.42 bits per heavy atom. The summed E-state index contributed by atoms with van der Waals surface area (Å²) < 4.78 is 0. The van der Waals surface area contributed by atoms with Crippen molar-refractivity contribution in [1.82, 2.24) is 0 Å². The van der Waals surface area contributed by atoms with Crippen LogP contribution < -0.4 is 0 Å². The fourth-order valence-corrected chi connectivity index (χ4v) is 1.55. The van der Waals surface area contributed by atoms with E-state index in [0.717, 1.165) is 12.0 Å². The van der Waals surface area contributed by atoms with Gasteiger partial charge < -0.3 is 6.92 Å². The van der Waals surface area contributed by atoms with Crippen LogP contribution in [0.2, 0.25) is 0 Å². The molecule has 60 valence electrons. The zero-order chi connectivity index (χ0) is 7.90. The van der Waals surface area contributed by atoms with Gasteiger partial charge in [0.25, 0.3) is 0 Å². The molecule has 1 aliphatic carbocycles. The Kier molecular flexibility index (Phi) is 2.40. The zero-order valence-electron chi connectivity index (χ0n) is 6.58. The molecule has 0 bridgehead atoms. The van der Waals surface area contributed by atoms with Crippen molar-refractivity contribution in [2.24, 2.45) is 0 Å². The summed E-state index contributed by atoms with van der Waals surface area (Å²) in [4.78, 5) is 0. The van der Waals surface area contributed by atoms with Crippen LogP contribution >= 0.6 is 0 Å². The van der Waals surface area contributed by atoms with E-state index >= 15 is 0 Å². The maximum atomic E-state index is 8.78. The first-order chi connectivity index (χ1) is 5.26.